The predicted molar refractivity (Wildman–Crippen MR) is 120 cm³/mol. The normalized spacial score (nSPS) is 12.6. The lowest BCUT2D eigenvalue weighted by molar-refractivity contribution is 0.414. The molecule has 0 amide bonds. The lowest BCUT2D eigenvalue weighted by Crippen LogP contribution is -2.34. The fourth-order valence-electron chi connectivity index (χ4n) is 2.33. The summed E-state index contributed by atoms with van der Waals surface area (Å²) < 4.78 is 83.7. The van der Waals surface area contributed by atoms with Gasteiger partial charge >= 0.3 is 0 Å². The van der Waals surface area contributed by atoms with Crippen LogP contribution in [0.2, 0.25) is 0 Å². The van der Waals surface area contributed by atoms with Crippen molar-refractivity contribution in [2.75, 3.05) is 26.0 Å². The summed E-state index contributed by atoms with van der Waals surface area (Å²) in [4.78, 5) is -0.282. The first-order valence-corrected chi connectivity index (χ1v) is 14.3. The molecular formula is C17H21IN2O7S3. The van der Waals surface area contributed by atoms with E-state index in [-0.39, 0.29) is 33.5 Å². The molecule has 13 heteroatoms. The van der Waals surface area contributed by atoms with Crippen molar-refractivity contribution in [3.8, 4) is 5.75 Å². The molecule has 0 spiro atoms. The minimum Gasteiger partial charge on any atom is -0.497 e. The maximum Gasteiger partial charge on any atom is 0.240 e. The van der Waals surface area contributed by atoms with Crippen LogP contribution >= 0.6 is 22.6 Å². The zero-order valence-electron chi connectivity index (χ0n) is 16.1. The molecule has 0 saturated carbocycles. The van der Waals surface area contributed by atoms with E-state index in [9.17, 15) is 25.3 Å². The molecule has 2 aromatic carbocycles. The molecule has 2 N–H and O–H groups in total. The Labute approximate surface area is 190 Å². The van der Waals surface area contributed by atoms with Crippen LogP contribution in [0.15, 0.2) is 57.2 Å². The molecule has 2 aromatic rings. The summed E-state index contributed by atoms with van der Waals surface area (Å²) in [6, 6.07) is 9.54. The van der Waals surface area contributed by atoms with Gasteiger partial charge < -0.3 is 4.74 Å². The van der Waals surface area contributed by atoms with Crippen LogP contribution in [-0.4, -0.2) is 51.2 Å². The van der Waals surface area contributed by atoms with Crippen molar-refractivity contribution < 1.29 is 30.0 Å². The maximum atomic E-state index is 12.5. The molecule has 0 aromatic heterocycles. The summed E-state index contributed by atoms with van der Waals surface area (Å²) in [6.45, 7) is 1.05. The fraction of sp³-hybridized carbons (Fsp3) is 0.294. The molecule has 0 aliphatic rings. The van der Waals surface area contributed by atoms with Crippen molar-refractivity contribution in [1.29, 1.82) is 0 Å². The zero-order chi connectivity index (χ0) is 22.6. The van der Waals surface area contributed by atoms with E-state index in [0.717, 1.165) is 6.07 Å². The first-order chi connectivity index (χ1) is 13.9. The Kier molecular flexibility index (Phi) is 8.26. The Morgan fingerprint density at radius 3 is 1.80 bits per heavy atom. The van der Waals surface area contributed by atoms with Crippen LogP contribution in [-0.2, 0) is 29.9 Å². The van der Waals surface area contributed by atoms with Crippen LogP contribution in [0.3, 0.4) is 0 Å². The van der Waals surface area contributed by atoms with E-state index >= 15 is 0 Å². The summed E-state index contributed by atoms with van der Waals surface area (Å²) in [5.74, 6) is 0.344. The van der Waals surface area contributed by atoms with Crippen molar-refractivity contribution >= 4 is 52.5 Å². The Morgan fingerprint density at radius 1 is 0.800 bits per heavy atom. The van der Waals surface area contributed by atoms with Gasteiger partial charge in [0.15, 0.2) is 9.84 Å². The number of hydrogen-bond donors (Lipinski definition) is 2. The summed E-state index contributed by atoms with van der Waals surface area (Å²) in [6.07, 6.45) is 0. The lowest BCUT2D eigenvalue weighted by Gasteiger charge is -2.11. The molecule has 0 aliphatic carbocycles. The maximum absolute atomic E-state index is 12.5. The minimum atomic E-state index is -4.04. The largest absolute Gasteiger partial charge is 0.497 e. The number of benzene rings is 2. The number of nitrogens with one attached hydrogen (secondary N) is 2. The van der Waals surface area contributed by atoms with Crippen LogP contribution < -0.4 is 14.2 Å². The summed E-state index contributed by atoms with van der Waals surface area (Å²) in [7, 11) is -9.98. The number of halogens is 1. The van der Waals surface area contributed by atoms with Gasteiger partial charge in [0.25, 0.3) is 0 Å². The highest BCUT2D eigenvalue weighted by molar-refractivity contribution is 14.1. The molecule has 0 radical (unpaired) electrons. The van der Waals surface area contributed by atoms with E-state index in [2.05, 4.69) is 9.44 Å². The van der Waals surface area contributed by atoms with Crippen LogP contribution in [0, 0.1) is 3.57 Å². The highest BCUT2D eigenvalue weighted by Crippen LogP contribution is 2.21. The van der Waals surface area contributed by atoms with Gasteiger partial charge in [-0.3, -0.25) is 0 Å². The topological polar surface area (TPSA) is 136 Å². The van der Waals surface area contributed by atoms with Gasteiger partial charge in [-0.05, 0) is 65.1 Å². The number of methoxy groups -OCH3 is 1. The van der Waals surface area contributed by atoms with E-state index in [1.165, 1.54) is 50.4 Å². The molecule has 0 saturated heterocycles. The van der Waals surface area contributed by atoms with Crippen LogP contribution in [0.4, 0.5) is 0 Å². The van der Waals surface area contributed by atoms with Crippen LogP contribution in [0.1, 0.15) is 6.92 Å². The summed E-state index contributed by atoms with van der Waals surface area (Å²) >= 11 is 1.84. The van der Waals surface area contributed by atoms with Crippen molar-refractivity contribution in [1.82, 2.24) is 9.44 Å². The molecular weight excluding hydrogens is 567 g/mol. The van der Waals surface area contributed by atoms with E-state index in [0.29, 0.717) is 9.32 Å². The Hall–Kier alpha value is -1.26. The first-order valence-electron chi connectivity index (χ1n) is 8.58. The van der Waals surface area contributed by atoms with Gasteiger partial charge in [0, 0.05) is 16.7 Å². The van der Waals surface area contributed by atoms with E-state index in [4.69, 9.17) is 4.74 Å². The quantitative estimate of drug-likeness (QED) is 0.316. The molecule has 166 valence electrons. The van der Waals surface area contributed by atoms with Gasteiger partial charge in [0.2, 0.25) is 20.0 Å². The van der Waals surface area contributed by atoms with Crippen LogP contribution in [0.5, 0.6) is 5.75 Å². The second-order valence-corrected chi connectivity index (χ2v) is 13.1. The molecule has 9 nitrogen and oxygen atoms in total. The van der Waals surface area contributed by atoms with Gasteiger partial charge in [-0.15, -0.1) is 0 Å². The predicted octanol–water partition coefficient (Wildman–Crippen LogP) is 1.35. The Balaban J connectivity index is 2.07. The lowest BCUT2D eigenvalue weighted by atomic mass is 10.3. The van der Waals surface area contributed by atoms with Crippen molar-refractivity contribution in [2.45, 2.75) is 21.6 Å². The molecule has 0 atom stereocenters. The SMILES string of the molecule is CCS(=O)(=O)c1cc(I)cc(S(=O)(=O)NCCNS(=O)(=O)c2ccc(OC)cc2)c1. The van der Waals surface area contributed by atoms with Gasteiger partial charge in [-0.1, -0.05) is 6.92 Å². The number of sulfone groups is 1. The van der Waals surface area contributed by atoms with E-state index < -0.39 is 29.9 Å². The van der Waals surface area contributed by atoms with Crippen molar-refractivity contribution in [3.05, 3.63) is 46.0 Å². The highest BCUT2D eigenvalue weighted by Gasteiger charge is 2.20. The Bertz CT molecular complexity index is 1210. The molecule has 30 heavy (non-hydrogen) atoms. The third kappa shape index (κ3) is 6.37. The molecule has 0 unspecified atom stereocenters. The van der Waals surface area contributed by atoms with Gasteiger partial charge in [-0.25, -0.2) is 34.7 Å². The van der Waals surface area contributed by atoms with E-state index in [1.807, 2.05) is 22.6 Å². The van der Waals surface area contributed by atoms with Crippen molar-refractivity contribution in [2.24, 2.45) is 0 Å². The highest BCUT2D eigenvalue weighted by atomic mass is 127. The Morgan fingerprint density at radius 2 is 1.30 bits per heavy atom. The summed E-state index contributed by atoms with van der Waals surface area (Å²) in [5.41, 5.74) is 0. The standard InChI is InChI=1S/C17H21IN2O7S3/c1-3-28(21,22)16-10-13(18)11-17(12-16)30(25,26)20-9-8-19-29(23,24)15-6-4-14(27-2)5-7-15/h4-7,10-12,19-20H,3,8-9H2,1-2H3. The molecule has 0 aliphatic heterocycles. The first kappa shape index (κ1) is 25.0. The van der Waals surface area contributed by atoms with Gasteiger partial charge in [-0.2, -0.15) is 0 Å². The van der Waals surface area contributed by atoms with Gasteiger partial charge in [0.05, 0.1) is 27.5 Å². The fourth-order valence-corrected chi connectivity index (χ4v) is 6.58. The monoisotopic (exact) mass is 588 g/mol. The average molecular weight is 588 g/mol. The minimum absolute atomic E-state index is 0.0122. The smallest absolute Gasteiger partial charge is 0.240 e. The third-order valence-electron chi connectivity index (χ3n) is 3.97. The second-order valence-electron chi connectivity index (χ2n) is 6.00. The third-order valence-corrected chi connectivity index (χ3v) is 9.23. The molecule has 0 heterocycles. The number of ether oxygens (including phenoxy) is 1. The van der Waals surface area contributed by atoms with Gasteiger partial charge in [0.1, 0.15) is 5.75 Å². The van der Waals surface area contributed by atoms with Crippen molar-refractivity contribution in [3.63, 3.8) is 0 Å². The number of hydrogen-bond acceptors (Lipinski definition) is 7. The molecule has 0 fully saturated rings. The van der Waals surface area contributed by atoms with Crippen LogP contribution in [0.25, 0.3) is 0 Å². The summed E-state index contributed by atoms with van der Waals surface area (Å²) in [5, 5.41) is 0. The second kappa shape index (κ2) is 9.91. The zero-order valence-corrected chi connectivity index (χ0v) is 20.7. The number of rotatable bonds is 10. The molecule has 2 rings (SSSR count). The molecule has 0 bridgehead atoms. The average Bonchev–Trinajstić information content (AvgIpc) is 2.71. The van der Waals surface area contributed by atoms with E-state index in [1.54, 1.807) is 0 Å². The number of sulfonamides is 2.